The highest BCUT2D eigenvalue weighted by Crippen LogP contribution is 2.46. The van der Waals surface area contributed by atoms with Crippen LogP contribution < -0.4 is 15.5 Å². The molecule has 0 aromatic carbocycles. The zero-order valence-corrected chi connectivity index (χ0v) is 21.2. The summed E-state index contributed by atoms with van der Waals surface area (Å²) in [6, 6.07) is 4.01. The van der Waals surface area contributed by atoms with Gasteiger partial charge in [-0.05, 0) is 62.4 Å². The minimum atomic E-state index is -1.41. The van der Waals surface area contributed by atoms with Crippen LogP contribution in [0.25, 0.3) is 22.3 Å². The topological polar surface area (TPSA) is 91.8 Å². The molecule has 2 fully saturated rings. The number of fused-ring (bicyclic) bond motifs is 1. The summed E-state index contributed by atoms with van der Waals surface area (Å²) in [5.41, 5.74) is 2.24. The van der Waals surface area contributed by atoms with E-state index in [4.69, 9.17) is 21.6 Å². The lowest BCUT2D eigenvalue weighted by molar-refractivity contribution is 0.442. The molecule has 0 unspecified atom stereocenters. The van der Waals surface area contributed by atoms with Gasteiger partial charge < -0.3 is 15.5 Å². The van der Waals surface area contributed by atoms with Gasteiger partial charge in [-0.1, -0.05) is 11.6 Å². The molecule has 1 aliphatic heterocycles. The molecule has 0 bridgehead atoms. The molecule has 38 heavy (non-hydrogen) atoms. The molecule has 1 saturated carbocycles. The zero-order valence-electron chi connectivity index (χ0n) is 20.5. The van der Waals surface area contributed by atoms with Gasteiger partial charge in [0.15, 0.2) is 28.4 Å². The van der Waals surface area contributed by atoms with Crippen LogP contribution in [0.5, 0.6) is 0 Å². The third-order valence-electron chi connectivity index (χ3n) is 7.05. The van der Waals surface area contributed by atoms with Crippen molar-refractivity contribution < 1.29 is 13.2 Å². The minimum absolute atomic E-state index is 0.160. The molecule has 1 saturated heterocycles. The number of nitrogens with one attached hydrogen (secondary N) is 2. The van der Waals surface area contributed by atoms with Crippen LogP contribution >= 0.6 is 11.6 Å². The Kier molecular flexibility index (Phi) is 6.48. The third kappa shape index (κ3) is 4.71. The van der Waals surface area contributed by atoms with E-state index in [2.05, 4.69) is 30.5 Å². The van der Waals surface area contributed by atoms with Gasteiger partial charge in [-0.2, -0.15) is 9.37 Å². The average Bonchev–Trinajstić information content (AvgIpc) is 3.77. The first-order valence-electron chi connectivity index (χ1n) is 12.4. The standard InChI is InChI=1S/C26H24ClF3N8/c1-38(15-5-7-31-8-6-15)26-20-16(13-2-3-13)12-33-22(27)21(20)35-24(37-26)14-4-9-32-19(10-14)34-25-18(29)11-17(28)23(30)36-25/h4,9-13,15,31H,2-3,5-8H2,1H3,(H,32,34,36). The first kappa shape index (κ1) is 24.7. The average molecular weight is 541 g/mol. The maximum atomic E-state index is 14.2. The molecule has 12 heteroatoms. The van der Waals surface area contributed by atoms with Crippen LogP contribution in [0, 0.1) is 17.6 Å². The number of pyridine rings is 3. The SMILES string of the molecule is CN(c1nc(-c2ccnc(Nc3nc(F)c(F)cc3F)c2)nc2c(Cl)ncc(C3CC3)c12)C1CCNCC1. The Bertz CT molecular complexity index is 1520. The molecule has 4 aromatic rings. The van der Waals surface area contributed by atoms with E-state index in [1.165, 1.54) is 6.20 Å². The second-order valence-electron chi connectivity index (χ2n) is 9.61. The molecular weight excluding hydrogens is 517 g/mol. The maximum Gasteiger partial charge on any atom is 0.251 e. The van der Waals surface area contributed by atoms with Crippen LogP contribution in [0.1, 0.15) is 37.2 Å². The van der Waals surface area contributed by atoms with E-state index < -0.39 is 23.4 Å². The van der Waals surface area contributed by atoms with Crippen molar-refractivity contribution in [2.45, 2.75) is 37.6 Å². The van der Waals surface area contributed by atoms with Gasteiger partial charge in [-0.15, -0.1) is 0 Å². The number of anilines is 3. The quantitative estimate of drug-likeness (QED) is 0.316. The Labute approximate surface area is 221 Å². The predicted octanol–water partition coefficient (Wildman–Crippen LogP) is 5.36. The van der Waals surface area contributed by atoms with Crippen LogP contribution in [0.3, 0.4) is 0 Å². The predicted molar refractivity (Wildman–Crippen MR) is 139 cm³/mol. The summed E-state index contributed by atoms with van der Waals surface area (Å²) >= 11 is 6.59. The maximum absolute atomic E-state index is 14.2. The van der Waals surface area contributed by atoms with Crippen LogP contribution in [-0.2, 0) is 0 Å². The molecule has 1 aliphatic carbocycles. The summed E-state index contributed by atoms with van der Waals surface area (Å²) < 4.78 is 41.1. The second-order valence-corrected chi connectivity index (χ2v) is 9.97. The third-order valence-corrected chi connectivity index (χ3v) is 7.33. The number of rotatable bonds is 6. The Morgan fingerprint density at radius 1 is 1.00 bits per heavy atom. The molecule has 4 aromatic heterocycles. The Balaban J connectivity index is 1.45. The molecule has 6 rings (SSSR count). The van der Waals surface area contributed by atoms with Crippen LogP contribution in [0.15, 0.2) is 30.6 Å². The van der Waals surface area contributed by atoms with E-state index in [0.29, 0.717) is 34.9 Å². The van der Waals surface area contributed by atoms with Gasteiger partial charge in [0.2, 0.25) is 0 Å². The first-order valence-corrected chi connectivity index (χ1v) is 12.8. The number of nitrogens with zero attached hydrogens (tertiary/aromatic N) is 6. The van der Waals surface area contributed by atoms with Crippen LogP contribution in [-0.4, -0.2) is 51.1 Å². The molecule has 0 radical (unpaired) electrons. The van der Waals surface area contributed by atoms with Crippen molar-refractivity contribution in [3.8, 4) is 11.4 Å². The van der Waals surface area contributed by atoms with Crippen molar-refractivity contribution in [3.05, 3.63) is 58.9 Å². The van der Waals surface area contributed by atoms with Gasteiger partial charge >= 0.3 is 0 Å². The van der Waals surface area contributed by atoms with E-state index in [0.717, 1.165) is 55.5 Å². The van der Waals surface area contributed by atoms with Crippen LogP contribution in [0.2, 0.25) is 5.15 Å². The molecule has 5 heterocycles. The van der Waals surface area contributed by atoms with Crippen molar-refractivity contribution >= 4 is 40.0 Å². The lowest BCUT2D eigenvalue weighted by Gasteiger charge is -2.33. The number of piperidine rings is 1. The minimum Gasteiger partial charge on any atom is -0.356 e. The molecule has 0 atom stereocenters. The lowest BCUT2D eigenvalue weighted by atomic mass is 10.0. The van der Waals surface area contributed by atoms with Gasteiger partial charge in [-0.3, -0.25) is 0 Å². The first-order chi connectivity index (χ1) is 18.4. The van der Waals surface area contributed by atoms with Gasteiger partial charge in [-0.25, -0.2) is 28.7 Å². The molecule has 8 nitrogen and oxygen atoms in total. The van der Waals surface area contributed by atoms with Crippen molar-refractivity contribution in [1.82, 2.24) is 30.2 Å². The van der Waals surface area contributed by atoms with Crippen molar-refractivity contribution in [2.75, 3.05) is 30.4 Å². The Morgan fingerprint density at radius 3 is 2.55 bits per heavy atom. The normalized spacial score (nSPS) is 16.1. The molecule has 0 amide bonds. The smallest absolute Gasteiger partial charge is 0.251 e. The number of hydrogen-bond acceptors (Lipinski definition) is 8. The monoisotopic (exact) mass is 540 g/mol. The number of hydrogen-bond donors (Lipinski definition) is 2. The molecule has 2 N–H and O–H groups in total. The van der Waals surface area contributed by atoms with Gasteiger partial charge in [0.05, 0.1) is 5.39 Å². The molecule has 0 spiro atoms. The Morgan fingerprint density at radius 2 is 1.79 bits per heavy atom. The van der Waals surface area contributed by atoms with E-state index in [-0.39, 0.29) is 11.0 Å². The summed E-state index contributed by atoms with van der Waals surface area (Å²) in [7, 11) is 2.05. The van der Waals surface area contributed by atoms with E-state index >= 15 is 0 Å². The fourth-order valence-corrected chi connectivity index (χ4v) is 5.05. The van der Waals surface area contributed by atoms with Crippen molar-refractivity contribution in [1.29, 1.82) is 0 Å². The van der Waals surface area contributed by atoms with E-state index in [9.17, 15) is 13.2 Å². The Hall–Kier alpha value is -3.57. The molecular formula is C26H24ClF3N8. The highest BCUT2D eigenvalue weighted by atomic mass is 35.5. The highest BCUT2D eigenvalue weighted by molar-refractivity contribution is 6.34. The highest BCUT2D eigenvalue weighted by Gasteiger charge is 2.31. The summed E-state index contributed by atoms with van der Waals surface area (Å²) in [6.45, 7) is 1.85. The summed E-state index contributed by atoms with van der Waals surface area (Å²) in [6.07, 6.45) is 7.45. The van der Waals surface area contributed by atoms with Gasteiger partial charge in [0.1, 0.15) is 17.2 Å². The van der Waals surface area contributed by atoms with Gasteiger partial charge in [0, 0.05) is 37.1 Å². The number of aromatic nitrogens is 5. The fraction of sp³-hybridized carbons (Fsp3) is 0.346. The second kappa shape index (κ2) is 9.95. The summed E-state index contributed by atoms with van der Waals surface area (Å²) in [4.78, 5) is 23.9. The summed E-state index contributed by atoms with van der Waals surface area (Å²) in [5, 5.41) is 7.21. The lowest BCUT2D eigenvalue weighted by Crippen LogP contribution is -2.41. The number of halogens is 4. The molecule has 196 valence electrons. The zero-order chi connectivity index (χ0) is 26.4. The molecule has 2 aliphatic rings. The van der Waals surface area contributed by atoms with Gasteiger partial charge in [0.25, 0.3) is 5.95 Å². The van der Waals surface area contributed by atoms with Crippen molar-refractivity contribution in [3.63, 3.8) is 0 Å². The van der Waals surface area contributed by atoms with Crippen molar-refractivity contribution in [2.24, 2.45) is 0 Å². The largest absolute Gasteiger partial charge is 0.356 e. The van der Waals surface area contributed by atoms with E-state index in [1.54, 1.807) is 12.1 Å². The summed E-state index contributed by atoms with van der Waals surface area (Å²) in [5.74, 6) is -2.59. The van der Waals surface area contributed by atoms with E-state index in [1.807, 2.05) is 13.2 Å². The van der Waals surface area contributed by atoms with Crippen LogP contribution in [0.4, 0.5) is 30.6 Å². The fourth-order valence-electron chi connectivity index (χ4n) is 4.86.